The van der Waals surface area contributed by atoms with Gasteiger partial charge in [0.15, 0.2) is 5.75 Å². The molecule has 0 radical (unpaired) electrons. The summed E-state index contributed by atoms with van der Waals surface area (Å²) in [6.45, 7) is 3.78. The summed E-state index contributed by atoms with van der Waals surface area (Å²) >= 11 is 6.66. The Morgan fingerprint density at radius 3 is 2.25 bits per heavy atom. The van der Waals surface area contributed by atoms with Crippen LogP contribution in [0.5, 0.6) is 11.5 Å². The fourth-order valence-electron chi connectivity index (χ4n) is 3.18. The van der Waals surface area contributed by atoms with E-state index in [1.165, 1.54) is 6.08 Å². The van der Waals surface area contributed by atoms with Gasteiger partial charge >= 0.3 is 5.69 Å². The van der Waals surface area contributed by atoms with Crippen LogP contribution in [-0.4, -0.2) is 15.8 Å². The fraction of sp³-hybridized carbons (Fsp3) is 0.0833. The molecule has 3 aromatic rings. The van der Waals surface area contributed by atoms with Gasteiger partial charge in [-0.15, -0.1) is 0 Å². The van der Waals surface area contributed by atoms with Crippen LogP contribution in [0.1, 0.15) is 16.7 Å². The molecule has 1 N–H and O–H groups in total. The number of carbonyl (C=O) groups is 1. The number of benzene rings is 3. The molecule has 3 rings (SSSR count). The Hall–Kier alpha value is -4.08. The Morgan fingerprint density at radius 2 is 1.69 bits per heavy atom. The van der Waals surface area contributed by atoms with Crippen molar-refractivity contribution in [2.75, 3.05) is 5.32 Å². The lowest BCUT2D eigenvalue weighted by Crippen LogP contribution is -2.14. The van der Waals surface area contributed by atoms with Crippen LogP contribution < -0.4 is 10.1 Å². The molecule has 0 fully saturated rings. The van der Waals surface area contributed by atoms with Gasteiger partial charge in [0.25, 0.3) is 11.6 Å². The zero-order chi connectivity index (χ0) is 26.6. The maximum atomic E-state index is 12.7. The number of nitro groups is 2. The van der Waals surface area contributed by atoms with Gasteiger partial charge in [-0.25, -0.2) is 0 Å². The normalized spacial score (nSPS) is 10.9. The molecular formula is C24H16Br2N4O6. The number of ether oxygens (including phenoxy) is 1. The zero-order valence-corrected chi connectivity index (χ0v) is 21.9. The summed E-state index contributed by atoms with van der Waals surface area (Å²) < 4.78 is 6.38. The Bertz CT molecular complexity index is 1460. The second-order valence-corrected chi connectivity index (χ2v) is 9.23. The highest BCUT2D eigenvalue weighted by molar-refractivity contribution is 9.11. The van der Waals surface area contributed by atoms with Gasteiger partial charge in [-0.2, -0.15) is 5.26 Å². The van der Waals surface area contributed by atoms with Crippen molar-refractivity contribution in [3.05, 3.63) is 100.0 Å². The highest BCUT2D eigenvalue weighted by Gasteiger charge is 2.23. The van der Waals surface area contributed by atoms with Crippen molar-refractivity contribution in [2.24, 2.45) is 0 Å². The Kier molecular flexibility index (Phi) is 8.18. The van der Waals surface area contributed by atoms with E-state index in [2.05, 4.69) is 37.2 Å². The summed E-state index contributed by atoms with van der Waals surface area (Å²) in [6.07, 6.45) is 1.38. The second kappa shape index (κ2) is 11.1. The summed E-state index contributed by atoms with van der Waals surface area (Å²) in [7, 11) is 0. The lowest BCUT2D eigenvalue weighted by molar-refractivity contribution is -0.394. The molecule has 12 heteroatoms. The van der Waals surface area contributed by atoms with Crippen LogP contribution in [0.15, 0.2) is 63.0 Å². The predicted octanol–water partition coefficient (Wildman–Crippen LogP) is 6.98. The second-order valence-electron chi connectivity index (χ2n) is 7.52. The molecule has 0 bridgehead atoms. The number of hydrogen-bond donors (Lipinski definition) is 1. The third kappa shape index (κ3) is 6.12. The quantitative estimate of drug-likeness (QED) is 0.130. The largest absolute Gasteiger partial charge is 0.448 e. The van der Waals surface area contributed by atoms with Crippen molar-refractivity contribution in [3.63, 3.8) is 0 Å². The fourth-order valence-corrected chi connectivity index (χ4v) is 4.56. The molecule has 0 aliphatic rings. The first kappa shape index (κ1) is 26.5. The molecule has 0 aromatic heterocycles. The molecule has 0 aliphatic carbocycles. The minimum Gasteiger partial charge on any atom is -0.448 e. The molecule has 10 nitrogen and oxygen atoms in total. The molecule has 0 saturated heterocycles. The standard InChI is InChI=1S/C24H16Br2N4O6/c1-13-3-5-20(14(2)7-13)28-24(31)16(12-27)8-15-9-18(25)23(19(26)10-15)36-22-6-4-17(29(32)33)11-21(22)30(34)35/h3-11H,1-2H3,(H,28,31)/b16-8+. The minimum atomic E-state index is -0.783. The van der Waals surface area contributed by atoms with Crippen molar-refractivity contribution in [1.82, 2.24) is 0 Å². The minimum absolute atomic E-state index is 0.145. The summed E-state index contributed by atoms with van der Waals surface area (Å²) in [5.74, 6) is -0.637. The topological polar surface area (TPSA) is 148 Å². The van der Waals surface area contributed by atoms with Crippen LogP contribution in [0, 0.1) is 45.4 Å². The van der Waals surface area contributed by atoms with Crippen LogP contribution in [0.25, 0.3) is 6.08 Å². The van der Waals surface area contributed by atoms with E-state index in [0.29, 0.717) is 20.2 Å². The van der Waals surface area contributed by atoms with E-state index in [1.807, 2.05) is 32.0 Å². The first-order valence-corrected chi connectivity index (χ1v) is 11.7. The van der Waals surface area contributed by atoms with E-state index >= 15 is 0 Å². The molecule has 0 heterocycles. The third-order valence-corrected chi connectivity index (χ3v) is 6.07. The number of anilines is 1. The molecule has 36 heavy (non-hydrogen) atoms. The van der Waals surface area contributed by atoms with Crippen molar-refractivity contribution >= 4 is 60.9 Å². The van der Waals surface area contributed by atoms with Crippen molar-refractivity contribution in [3.8, 4) is 17.6 Å². The average molecular weight is 616 g/mol. The van der Waals surface area contributed by atoms with Gasteiger partial charge in [0.1, 0.15) is 11.6 Å². The van der Waals surface area contributed by atoms with Gasteiger partial charge in [0.2, 0.25) is 5.75 Å². The number of nitrogens with one attached hydrogen (secondary N) is 1. The summed E-state index contributed by atoms with van der Waals surface area (Å²) in [6, 6.07) is 13.5. The maximum absolute atomic E-state index is 12.7. The predicted molar refractivity (Wildman–Crippen MR) is 140 cm³/mol. The number of carbonyl (C=O) groups excluding carboxylic acids is 1. The van der Waals surface area contributed by atoms with E-state index in [-0.39, 0.29) is 17.1 Å². The van der Waals surface area contributed by atoms with Gasteiger partial charge in [-0.3, -0.25) is 25.0 Å². The number of aryl methyl sites for hydroxylation is 2. The van der Waals surface area contributed by atoms with Crippen LogP contribution in [0.2, 0.25) is 0 Å². The average Bonchev–Trinajstić information content (AvgIpc) is 2.81. The van der Waals surface area contributed by atoms with E-state index in [9.17, 15) is 30.3 Å². The summed E-state index contributed by atoms with van der Waals surface area (Å²) in [4.78, 5) is 33.5. The number of nitrogens with zero attached hydrogens (tertiary/aromatic N) is 3. The number of nitriles is 1. The number of hydrogen-bond acceptors (Lipinski definition) is 7. The van der Waals surface area contributed by atoms with Gasteiger partial charge in [0, 0.05) is 11.8 Å². The van der Waals surface area contributed by atoms with Crippen molar-refractivity contribution in [1.29, 1.82) is 5.26 Å². The van der Waals surface area contributed by atoms with Gasteiger partial charge < -0.3 is 10.1 Å². The lowest BCUT2D eigenvalue weighted by atomic mass is 10.1. The third-order valence-electron chi connectivity index (χ3n) is 4.89. The number of amides is 1. The molecule has 182 valence electrons. The Morgan fingerprint density at radius 1 is 1.03 bits per heavy atom. The van der Waals surface area contributed by atoms with Gasteiger partial charge in [0.05, 0.1) is 24.9 Å². The Balaban J connectivity index is 1.90. The molecule has 0 spiro atoms. The van der Waals surface area contributed by atoms with Gasteiger partial charge in [-0.1, -0.05) is 17.7 Å². The Labute approximate surface area is 221 Å². The molecule has 0 aliphatic heterocycles. The molecule has 0 unspecified atom stereocenters. The number of nitro benzene ring substituents is 2. The maximum Gasteiger partial charge on any atom is 0.318 e. The van der Waals surface area contributed by atoms with Crippen LogP contribution in [0.3, 0.4) is 0 Å². The first-order valence-electron chi connectivity index (χ1n) is 10.1. The van der Waals surface area contributed by atoms with Crippen molar-refractivity contribution < 1.29 is 19.4 Å². The summed E-state index contributed by atoms with van der Waals surface area (Å²) in [5, 5.41) is 34.6. The zero-order valence-electron chi connectivity index (χ0n) is 18.7. The van der Waals surface area contributed by atoms with Crippen LogP contribution in [0.4, 0.5) is 17.1 Å². The number of halogens is 2. The van der Waals surface area contributed by atoms with Crippen molar-refractivity contribution in [2.45, 2.75) is 13.8 Å². The monoisotopic (exact) mass is 614 g/mol. The highest BCUT2D eigenvalue weighted by atomic mass is 79.9. The molecular weight excluding hydrogens is 600 g/mol. The molecule has 3 aromatic carbocycles. The van der Waals surface area contributed by atoms with E-state index in [1.54, 1.807) is 18.2 Å². The van der Waals surface area contributed by atoms with E-state index < -0.39 is 27.1 Å². The van der Waals surface area contributed by atoms with Crippen LogP contribution in [-0.2, 0) is 4.79 Å². The van der Waals surface area contributed by atoms with Gasteiger partial charge in [-0.05, 0) is 87.2 Å². The van der Waals surface area contributed by atoms with E-state index in [4.69, 9.17) is 4.74 Å². The molecule has 1 amide bonds. The summed E-state index contributed by atoms with van der Waals surface area (Å²) in [5.41, 5.74) is 1.77. The molecule has 0 atom stereocenters. The van der Waals surface area contributed by atoms with E-state index in [0.717, 1.165) is 29.3 Å². The highest BCUT2D eigenvalue weighted by Crippen LogP contribution is 2.41. The number of rotatable bonds is 7. The molecule has 0 saturated carbocycles. The smallest absolute Gasteiger partial charge is 0.318 e. The first-order chi connectivity index (χ1) is 17.0. The SMILES string of the molecule is Cc1ccc(NC(=O)/C(C#N)=C/c2cc(Br)c(Oc3ccc([N+](=O)[O-])cc3[N+](=O)[O-])c(Br)c2)c(C)c1. The number of non-ortho nitro benzene ring substituents is 1. The lowest BCUT2D eigenvalue weighted by Gasteiger charge is -2.12. The van der Waals surface area contributed by atoms with Crippen LogP contribution >= 0.6 is 31.9 Å².